The molecule has 2 N–H and O–H groups in total. The number of nitrogens with one attached hydrogen (secondary N) is 1. The van der Waals surface area contributed by atoms with Crippen LogP contribution in [0.1, 0.15) is 26.3 Å². The van der Waals surface area contributed by atoms with Crippen LogP contribution in [-0.4, -0.2) is 32.3 Å². The third-order valence-electron chi connectivity index (χ3n) is 2.69. The van der Waals surface area contributed by atoms with Crippen LogP contribution >= 0.6 is 15.9 Å². The van der Waals surface area contributed by atoms with E-state index in [2.05, 4.69) is 20.7 Å². The summed E-state index contributed by atoms with van der Waals surface area (Å²) in [5, 5.41) is 9.02. The zero-order valence-electron chi connectivity index (χ0n) is 11.8. The molecule has 0 aliphatic heterocycles. The predicted octanol–water partition coefficient (Wildman–Crippen LogP) is 2.03. The fourth-order valence-electron chi connectivity index (χ4n) is 1.65. The SMILES string of the molecule is CCOC(C)(C)CNS(=O)(=O)c1ccc(CO)cc1Br. The van der Waals surface area contributed by atoms with Crippen molar-refractivity contribution in [1.29, 1.82) is 0 Å². The molecule has 0 heterocycles. The number of aliphatic hydroxyl groups excluding tert-OH is 1. The standard InChI is InChI=1S/C13H20BrNO4S/c1-4-19-13(2,3)9-15-20(17,18)12-6-5-10(8-16)7-11(12)14/h5-7,15-16H,4,8-9H2,1-3H3. The summed E-state index contributed by atoms with van der Waals surface area (Å²) < 4.78 is 32.9. The molecule has 0 bridgehead atoms. The lowest BCUT2D eigenvalue weighted by molar-refractivity contribution is -0.00515. The van der Waals surface area contributed by atoms with Crippen LogP contribution in [0.25, 0.3) is 0 Å². The van der Waals surface area contributed by atoms with Gasteiger partial charge in [0.05, 0.1) is 17.1 Å². The number of benzene rings is 1. The lowest BCUT2D eigenvalue weighted by Gasteiger charge is -2.25. The highest BCUT2D eigenvalue weighted by molar-refractivity contribution is 9.10. The van der Waals surface area contributed by atoms with Gasteiger partial charge in [-0.25, -0.2) is 13.1 Å². The summed E-state index contributed by atoms with van der Waals surface area (Å²) in [4.78, 5) is 0.141. The molecule has 0 amide bonds. The van der Waals surface area contributed by atoms with E-state index in [0.29, 0.717) is 16.6 Å². The van der Waals surface area contributed by atoms with Crippen LogP contribution in [0.5, 0.6) is 0 Å². The first kappa shape index (κ1) is 17.6. The van der Waals surface area contributed by atoms with Crippen LogP contribution in [0.15, 0.2) is 27.6 Å². The second-order valence-electron chi connectivity index (χ2n) is 4.94. The van der Waals surface area contributed by atoms with E-state index in [1.54, 1.807) is 12.1 Å². The fraction of sp³-hybridized carbons (Fsp3) is 0.538. The molecule has 0 atom stereocenters. The summed E-state index contributed by atoms with van der Waals surface area (Å²) in [5.74, 6) is 0. The monoisotopic (exact) mass is 365 g/mol. The van der Waals surface area contributed by atoms with E-state index < -0.39 is 15.6 Å². The normalized spacial score (nSPS) is 12.7. The molecule has 0 fully saturated rings. The van der Waals surface area contributed by atoms with E-state index in [0.717, 1.165) is 0 Å². The van der Waals surface area contributed by atoms with E-state index >= 15 is 0 Å². The lowest BCUT2D eigenvalue weighted by atomic mass is 10.1. The van der Waals surface area contributed by atoms with Crippen molar-refractivity contribution < 1.29 is 18.3 Å². The lowest BCUT2D eigenvalue weighted by Crippen LogP contribution is -2.40. The van der Waals surface area contributed by atoms with Crippen LogP contribution in [0.2, 0.25) is 0 Å². The van der Waals surface area contributed by atoms with Crippen molar-refractivity contribution in [3.63, 3.8) is 0 Å². The van der Waals surface area contributed by atoms with Crippen LogP contribution in [0.4, 0.5) is 0 Å². The topological polar surface area (TPSA) is 75.6 Å². The van der Waals surface area contributed by atoms with Crippen LogP contribution in [-0.2, 0) is 21.4 Å². The van der Waals surface area contributed by atoms with E-state index in [1.165, 1.54) is 6.07 Å². The third kappa shape index (κ3) is 4.82. The quantitative estimate of drug-likeness (QED) is 0.774. The van der Waals surface area contributed by atoms with E-state index in [-0.39, 0.29) is 18.0 Å². The van der Waals surface area contributed by atoms with Crippen molar-refractivity contribution in [3.05, 3.63) is 28.2 Å². The average Bonchev–Trinajstić information content (AvgIpc) is 2.36. The highest BCUT2D eigenvalue weighted by Gasteiger charge is 2.23. The summed E-state index contributed by atoms with van der Waals surface area (Å²) in [6.07, 6.45) is 0. The number of rotatable bonds is 7. The van der Waals surface area contributed by atoms with Gasteiger partial charge in [-0.3, -0.25) is 0 Å². The maximum absolute atomic E-state index is 12.2. The Bertz CT molecular complexity index is 557. The van der Waals surface area contributed by atoms with Gasteiger partial charge in [0.25, 0.3) is 0 Å². The molecule has 1 aromatic carbocycles. The third-order valence-corrected chi connectivity index (χ3v) is 5.07. The number of hydrogen-bond acceptors (Lipinski definition) is 4. The predicted molar refractivity (Wildman–Crippen MR) is 81.0 cm³/mol. The highest BCUT2D eigenvalue weighted by Crippen LogP contribution is 2.23. The van der Waals surface area contributed by atoms with Crippen molar-refractivity contribution >= 4 is 26.0 Å². The van der Waals surface area contributed by atoms with Gasteiger partial charge in [0, 0.05) is 17.6 Å². The van der Waals surface area contributed by atoms with Gasteiger partial charge in [-0.15, -0.1) is 0 Å². The number of aliphatic hydroxyl groups is 1. The van der Waals surface area contributed by atoms with Crippen molar-refractivity contribution in [1.82, 2.24) is 4.72 Å². The van der Waals surface area contributed by atoms with E-state index in [4.69, 9.17) is 9.84 Å². The second kappa shape index (κ2) is 7.00. The van der Waals surface area contributed by atoms with Gasteiger partial charge in [-0.1, -0.05) is 6.07 Å². The maximum atomic E-state index is 12.2. The molecule has 0 radical (unpaired) electrons. The first-order valence-corrected chi connectivity index (χ1v) is 8.52. The second-order valence-corrected chi connectivity index (χ2v) is 7.53. The Morgan fingerprint density at radius 1 is 1.40 bits per heavy atom. The number of ether oxygens (including phenoxy) is 1. The van der Waals surface area contributed by atoms with Crippen LogP contribution in [0, 0.1) is 0 Å². The Morgan fingerprint density at radius 2 is 2.05 bits per heavy atom. The van der Waals surface area contributed by atoms with Gasteiger partial charge in [0.1, 0.15) is 0 Å². The van der Waals surface area contributed by atoms with Gasteiger partial charge < -0.3 is 9.84 Å². The minimum Gasteiger partial charge on any atom is -0.392 e. The van der Waals surface area contributed by atoms with Crippen molar-refractivity contribution in [3.8, 4) is 0 Å². The largest absolute Gasteiger partial charge is 0.392 e. The number of hydrogen-bond donors (Lipinski definition) is 2. The summed E-state index contributed by atoms with van der Waals surface area (Å²) in [5.41, 5.74) is 0.0739. The molecule has 0 saturated heterocycles. The van der Waals surface area contributed by atoms with Crippen LogP contribution < -0.4 is 4.72 Å². The summed E-state index contributed by atoms with van der Waals surface area (Å²) >= 11 is 3.21. The van der Waals surface area contributed by atoms with Gasteiger partial charge in [-0.05, 0) is 54.4 Å². The Balaban J connectivity index is 2.89. The van der Waals surface area contributed by atoms with E-state index in [1.807, 2.05) is 20.8 Å². The van der Waals surface area contributed by atoms with Gasteiger partial charge in [0.15, 0.2) is 0 Å². The van der Waals surface area contributed by atoms with Gasteiger partial charge in [-0.2, -0.15) is 0 Å². The Morgan fingerprint density at radius 3 is 2.55 bits per heavy atom. The Hall–Kier alpha value is -0.470. The Kier molecular flexibility index (Phi) is 6.15. The molecule has 0 aliphatic carbocycles. The molecule has 114 valence electrons. The molecule has 0 unspecified atom stereocenters. The van der Waals surface area contributed by atoms with Crippen molar-refractivity contribution in [2.75, 3.05) is 13.2 Å². The van der Waals surface area contributed by atoms with E-state index in [9.17, 15) is 8.42 Å². The molecule has 0 spiro atoms. The van der Waals surface area contributed by atoms with Gasteiger partial charge in [0.2, 0.25) is 10.0 Å². The smallest absolute Gasteiger partial charge is 0.241 e. The minimum absolute atomic E-state index is 0.135. The zero-order valence-corrected chi connectivity index (χ0v) is 14.2. The summed E-state index contributed by atoms with van der Waals surface area (Å²) in [7, 11) is -3.63. The molecule has 0 aliphatic rings. The summed E-state index contributed by atoms with van der Waals surface area (Å²) in [6, 6.07) is 4.63. The number of halogens is 1. The van der Waals surface area contributed by atoms with Crippen molar-refractivity contribution in [2.24, 2.45) is 0 Å². The molecule has 20 heavy (non-hydrogen) atoms. The molecule has 0 saturated carbocycles. The highest BCUT2D eigenvalue weighted by atomic mass is 79.9. The maximum Gasteiger partial charge on any atom is 0.241 e. The molecule has 1 rings (SSSR count). The summed E-state index contributed by atoms with van der Waals surface area (Å²) in [6.45, 7) is 6.07. The fourth-order valence-corrected chi connectivity index (χ4v) is 3.97. The molecule has 1 aromatic rings. The first-order chi connectivity index (χ1) is 9.22. The molecule has 5 nitrogen and oxygen atoms in total. The van der Waals surface area contributed by atoms with Gasteiger partial charge >= 0.3 is 0 Å². The average molecular weight is 366 g/mol. The number of sulfonamides is 1. The molecule has 7 heteroatoms. The Labute approximate surface area is 128 Å². The molecular weight excluding hydrogens is 346 g/mol. The zero-order chi connectivity index (χ0) is 15.4. The van der Waals surface area contributed by atoms with Crippen molar-refractivity contribution in [2.45, 2.75) is 37.9 Å². The minimum atomic E-state index is -3.63. The van der Waals surface area contributed by atoms with Crippen LogP contribution in [0.3, 0.4) is 0 Å². The molecule has 0 aromatic heterocycles. The first-order valence-electron chi connectivity index (χ1n) is 6.25. The molecular formula is C13H20BrNO4S.